The zero-order valence-corrected chi connectivity index (χ0v) is 19.2. The number of imidazole rings is 1. The van der Waals surface area contributed by atoms with Crippen LogP contribution in [0.25, 0.3) is 5.65 Å². The Morgan fingerprint density at radius 1 is 1.36 bits per heavy atom. The van der Waals surface area contributed by atoms with Gasteiger partial charge in [-0.15, -0.1) is 24.0 Å². The Balaban J connectivity index is 0.00000280. The maximum absolute atomic E-state index is 5.69. The van der Waals surface area contributed by atoms with Gasteiger partial charge in [-0.25, -0.2) is 4.98 Å². The van der Waals surface area contributed by atoms with Crippen LogP contribution in [0.4, 0.5) is 0 Å². The number of halogens is 1. The van der Waals surface area contributed by atoms with E-state index in [0.29, 0.717) is 19.1 Å². The molecule has 1 atom stereocenters. The number of fused-ring (bicyclic) bond motifs is 1. The molecule has 156 valence electrons. The zero-order valence-electron chi connectivity index (χ0n) is 16.8. The Morgan fingerprint density at radius 3 is 3.04 bits per heavy atom. The van der Waals surface area contributed by atoms with E-state index < -0.39 is 0 Å². The van der Waals surface area contributed by atoms with E-state index in [2.05, 4.69) is 32.7 Å². The molecule has 0 aromatic carbocycles. The molecule has 3 heterocycles. The van der Waals surface area contributed by atoms with Crippen LogP contribution < -0.4 is 5.32 Å². The molecule has 0 radical (unpaired) electrons. The number of nitrogens with zero attached hydrogens (tertiary/aromatic N) is 4. The zero-order chi connectivity index (χ0) is 18.9. The van der Waals surface area contributed by atoms with E-state index in [1.807, 2.05) is 24.4 Å². The van der Waals surface area contributed by atoms with Gasteiger partial charge in [-0.05, 0) is 25.5 Å². The minimum absolute atomic E-state index is 0. The van der Waals surface area contributed by atoms with Crippen molar-refractivity contribution in [3.05, 3.63) is 36.3 Å². The van der Waals surface area contributed by atoms with Gasteiger partial charge in [0.2, 0.25) is 0 Å². The van der Waals surface area contributed by atoms with E-state index >= 15 is 0 Å². The van der Waals surface area contributed by atoms with Crippen LogP contribution in [0.15, 0.2) is 35.6 Å². The minimum atomic E-state index is 0. The van der Waals surface area contributed by atoms with Gasteiger partial charge < -0.3 is 24.1 Å². The maximum Gasteiger partial charge on any atom is 0.193 e. The first-order valence-corrected chi connectivity index (χ1v) is 9.82. The Labute approximate surface area is 184 Å². The summed E-state index contributed by atoms with van der Waals surface area (Å²) in [6.45, 7) is 7.85. The lowest BCUT2D eigenvalue weighted by Crippen LogP contribution is -2.40. The van der Waals surface area contributed by atoms with Gasteiger partial charge in [0, 0.05) is 58.0 Å². The molecule has 8 heteroatoms. The van der Waals surface area contributed by atoms with Gasteiger partial charge in [0.05, 0.1) is 25.5 Å². The smallest absolute Gasteiger partial charge is 0.193 e. The number of rotatable bonds is 9. The Hall–Kier alpha value is -1.39. The first-order chi connectivity index (χ1) is 13.3. The highest BCUT2D eigenvalue weighted by molar-refractivity contribution is 14.0. The fraction of sp³-hybridized carbons (Fsp3) is 0.600. The molecule has 2 aromatic heterocycles. The standard InChI is InChI=1S/C20H31N5O2.HI/c1-3-21-20(25-11-8-17(14-25)16-27-13-12-26-2)22-9-7-18-15-24-10-5-4-6-19(24)23-18;/h4-6,10,15,17H,3,7-9,11-14,16H2,1-2H3,(H,21,22);1H. The van der Waals surface area contributed by atoms with Crippen LogP contribution in [-0.4, -0.2) is 73.4 Å². The Kier molecular flexibility index (Phi) is 10.0. The molecule has 7 nitrogen and oxygen atoms in total. The molecule has 1 aliphatic heterocycles. The lowest BCUT2D eigenvalue weighted by Gasteiger charge is -2.21. The van der Waals surface area contributed by atoms with Crippen LogP contribution in [0.2, 0.25) is 0 Å². The SMILES string of the molecule is CCNC(=NCCc1cn2ccccc2n1)N1CCC(COCCOC)C1.I. The molecule has 3 rings (SSSR count). The second-order valence-electron chi connectivity index (χ2n) is 6.85. The molecule has 2 aromatic rings. The van der Waals surface area contributed by atoms with Crippen molar-refractivity contribution in [3.63, 3.8) is 0 Å². The monoisotopic (exact) mass is 501 g/mol. The van der Waals surface area contributed by atoms with E-state index in [1.54, 1.807) is 7.11 Å². The highest BCUT2D eigenvalue weighted by Crippen LogP contribution is 2.16. The average molecular weight is 501 g/mol. The average Bonchev–Trinajstić information content (AvgIpc) is 3.31. The number of ether oxygens (including phenoxy) is 2. The molecule has 1 N–H and O–H groups in total. The Bertz CT molecular complexity index is 703. The molecule has 0 bridgehead atoms. The van der Waals surface area contributed by atoms with Crippen LogP contribution in [-0.2, 0) is 15.9 Å². The van der Waals surface area contributed by atoms with E-state index in [1.165, 1.54) is 0 Å². The normalized spacial score (nSPS) is 17.1. The fourth-order valence-electron chi connectivity index (χ4n) is 3.36. The van der Waals surface area contributed by atoms with Crippen LogP contribution in [0.3, 0.4) is 0 Å². The van der Waals surface area contributed by atoms with Crippen LogP contribution in [0.1, 0.15) is 19.0 Å². The number of aliphatic imine (C=N–C) groups is 1. The molecular weight excluding hydrogens is 469 g/mol. The third kappa shape index (κ3) is 6.59. The van der Waals surface area contributed by atoms with E-state index in [9.17, 15) is 0 Å². The van der Waals surface area contributed by atoms with Crippen LogP contribution >= 0.6 is 24.0 Å². The third-order valence-corrected chi connectivity index (χ3v) is 4.75. The largest absolute Gasteiger partial charge is 0.382 e. The van der Waals surface area contributed by atoms with Crippen molar-refractivity contribution in [1.82, 2.24) is 19.6 Å². The van der Waals surface area contributed by atoms with Gasteiger partial charge in [-0.1, -0.05) is 6.07 Å². The summed E-state index contributed by atoms with van der Waals surface area (Å²) >= 11 is 0. The molecule has 0 saturated carbocycles. The quantitative estimate of drug-likeness (QED) is 0.248. The summed E-state index contributed by atoms with van der Waals surface area (Å²) in [5.41, 5.74) is 2.06. The van der Waals surface area contributed by atoms with E-state index in [-0.39, 0.29) is 24.0 Å². The fourth-order valence-corrected chi connectivity index (χ4v) is 3.36. The van der Waals surface area contributed by atoms with Crippen molar-refractivity contribution in [2.75, 3.05) is 53.1 Å². The summed E-state index contributed by atoms with van der Waals surface area (Å²) < 4.78 is 12.8. The number of aromatic nitrogens is 2. The molecule has 1 unspecified atom stereocenters. The molecule has 1 fully saturated rings. The van der Waals surface area contributed by atoms with Gasteiger partial charge in [-0.3, -0.25) is 4.99 Å². The van der Waals surface area contributed by atoms with Crippen molar-refractivity contribution in [2.24, 2.45) is 10.9 Å². The number of guanidine groups is 1. The van der Waals surface area contributed by atoms with Crippen LogP contribution in [0.5, 0.6) is 0 Å². The van der Waals surface area contributed by atoms with Gasteiger partial charge in [-0.2, -0.15) is 0 Å². The highest BCUT2D eigenvalue weighted by Gasteiger charge is 2.24. The lowest BCUT2D eigenvalue weighted by molar-refractivity contribution is 0.0536. The number of likely N-dealkylation sites (tertiary alicyclic amines) is 1. The van der Waals surface area contributed by atoms with E-state index in [4.69, 9.17) is 14.5 Å². The van der Waals surface area contributed by atoms with Crippen molar-refractivity contribution in [3.8, 4) is 0 Å². The molecule has 0 aliphatic carbocycles. The number of pyridine rings is 1. The number of hydrogen-bond acceptors (Lipinski definition) is 4. The number of nitrogens with one attached hydrogen (secondary N) is 1. The van der Waals surface area contributed by atoms with Gasteiger partial charge >= 0.3 is 0 Å². The van der Waals surface area contributed by atoms with E-state index in [0.717, 1.165) is 62.9 Å². The topological polar surface area (TPSA) is 63.4 Å². The van der Waals surface area contributed by atoms with Crippen molar-refractivity contribution in [2.45, 2.75) is 19.8 Å². The molecular formula is C20H32IN5O2. The first kappa shape index (κ1) is 22.9. The number of methoxy groups -OCH3 is 1. The van der Waals surface area contributed by atoms with Gasteiger partial charge in [0.25, 0.3) is 0 Å². The predicted octanol–water partition coefficient (Wildman–Crippen LogP) is 2.45. The summed E-state index contributed by atoms with van der Waals surface area (Å²) in [6, 6.07) is 6.05. The van der Waals surface area contributed by atoms with Crippen molar-refractivity contribution >= 4 is 35.6 Å². The highest BCUT2D eigenvalue weighted by atomic mass is 127. The third-order valence-electron chi connectivity index (χ3n) is 4.75. The number of hydrogen-bond donors (Lipinski definition) is 1. The second-order valence-corrected chi connectivity index (χ2v) is 6.85. The summed E-state index contributed by atoms with van der Waals surface area (Å²) in [4.78, 5) is 11.8. The molecule has 0 spiro atoms. The van der Waals surface area contributed by atoms with Gasteiger partial charge in [0.15, 0.2) is 5.96 Å². The molecule has 28 heavy (non-hydrogen) atoms. The summed E-state index contributed by atoms with van der Waals surface area (Å²) in [7, 11) is 1.70. The molecule has 1 aliphatic rings. The summed E-state index contributed by atoms with van der Waals surface area (Å²) in [5, 5.41) is 3.42. The Morgan fingerprint density at radius 2 is 2.25 bits per heavy atom. The van der Waals surface area contributed by atoms with Gasteiger partial charge in [0.1, 0.15) is 5.65 Å². The van der Waals surface area contributed by atoms with Crippen LogP contribution in [0, 0.1) is 5.92 Å². The van der Waals surface area contributed by atoms with Crippen molar-refractivity contribution < 1.29 is 9.47 Å². The summed E-state index contributed by atoms with van der Waals surface area (Å²) in [6.07, 6.45) is 6.09. The molecule has 1 saturated heterocycles. The maximum atomic E-state index is 5.69. The lowest BCUT2D eigenvalue weighted by atomic mass is 10.1. The predicted molar refractivity (Wildman–Crippen MR) is 123 cm³/mol. The van der Waals surface area contributed by atoms with Crippen molar-refractivity contribution in [1.29, 1.82) is 0 Å². The summed E-state index contributed by atoms with van der Waals surface area (Å²) in [5.74, 6) is 1.56. The minimum Gasteiger partial charge on any atom is -0.382 e. The first-order valence-electron chi connectivity index (χ1n) is 9.82. The molecule has 0 amide bonds. The second kappa shape index (κ2) is 12.2.